The lowest BCUT2D eigenvalue weighted by Crippen LogP contribution is -2.30. The Bertz CT molecular complexity index is 815. The maximum atomic E-state index is 12.4. The van der Waals surface area contributed by atoms with E-state index in [2.05, 4.69) is 5.32 Å². The fourth-order valence-corrected chi connectivity index (χ4v) is 2.82. The Labute approximate surface area is 152 Å². The van der Waals surface area contributed by atoms with Crippen molar-refractivity contribution < 1.29 is 19.1 Å². The molecule has 0 spiro atoms. The van der Waals surface area contributed by atoms with Crippen molar-refractivity contribution in [2.45, 2.75) is 20.4 Å². The molecule has 1 heterocycles. The van der Waals surface area contributed by atoms with E-state index in [-0.39, 0.29) is 18.6 Å². The molecular formula is C20H22N2O4. The number of fused-ring (bicyclic) bond motifs is 1. The van der Waals surface area contributed by atoms with E-state index in [0.717, 1.165) is 5.56 Å². The molecule has 136 valence electrons. The molecule has 0 fully saturated rings. The molecule has 26 heavy (non-hydrogen) atoms. The number of benzene rings is 2. The summed E-state index contributed by atoms with van der Waals surface area (Å²) in [7, 11) is 0. The number of rotatable bonds is 6. The van der Waals surface area contributed by atoms with Crippen molar-refractivity contribution in [3.05, 3.63) is 59.2 Å². The van der Waals surface area contributed by atoms with Crippen LogP contribution in [0.2, 0.25) is 0 Å². The van der Waals surface area contributed by atoms with Crippen molar-refractivity contribution in [2.75, 3.05) is 19.9 Å². The quantitative estimate of drug-likeness (QED) is 0.866. The van der Waals surface area contributed by atoms with Crippen molar-refractivity contribution in [3.8, 4) is 11.5 Å². The van der Waals surface area contributed by atoms with Crippen LogP contribution in [0.3, 0.4) is 0 Å². The van der Waals surface area contributed by atoms with Crippen LogP contribution in [0.25, 0.3) is 0 Å². The summed E-state index contributed by atoms with van der Waals surface area (Å²) in [4.78, 5) is 26.6. The van der Waals surface area contributed by atoms with E-state index < -0.39 is 0 Å². The number of hydrogen-bond acceptors (Lipinski definition) is 4. The molecule has 0 saturated heterocycles. The average molecular weight is 354 g/mol. The van der Waals surface area contributed by atoms with Crippen LogP contribution in [0.5, 0.6) is 11.5 Å². The third-order valence-corrected chi connectivity index (χ3v) is 4.31. The van der Waals surface area contributed by atoms with Gasteiger partial charge in [-0.25, -0.2) is 0 Å². The van der Waals surface area contributed by atoms with Crippen molar-refractivity contribution >= 4 is 11.8 Å². The Morgan fingerprint density at radius 2 is 1.73 bits per heavy atom. The van der Waals surface area contributed by atoms with E-state index in [1.165, 1.54) is 0 Å². The number of carbonyl (C=O) groups is 2. The fourth-order valence-electron chi connectivity index (χ4n) is 2.82. The molecule has 6 nitrogen and oxygen atoms in total. The van der Waals surface area contributed by atoms with Crippen LogP contribution in [0.1, 0.15) is 40.1 Å². The van der Waals surface area contributed by atoms with E-state index >= 15 is 0 Å². The molecular weight excluding hydrogens is 332 g/mol. The van der Waals surface area contributed by atoms with Gasteiger partial charge in [-0.2, -0.15) is 0 Å². The van der Waals surface area contributed by atoms with E-state index in [1.54, 1.807) is 29.2 Å². The normalized spacial score (nSPS) is 11.9. The zero-order chi connectivity index (χ0) is 18.5. The maximum Gasteiger partial charge on any atom is 0.253 e. The van der Waals surface area contributed by atoms with Gasteiger partial charge in [-0.05, 0) is 49.7 Å². The van der Waals surface area contributed by atoms with Crippen LogP contribution in [-0.4, -0.2) is 36.6 Å². The predicted molar refractivity (Wildman–Crippen MR) is 97.4 cm³/mol. The summed E-state index contributed by atoms with van der Waals surface area (Å²) < 4.78 is 10.6. The summed E-state index contributed by atoms with van der Waals surface area (Å²) in [6, 6.07) is 12.4. The Morgan fingerprint density at radius 3 is 2.50 bits per heavy atom. The van der Waals surface area contributed by atoms with Crippen LogP contribution >= 0.6 is 0 Å². The molecule has 2 aromatic rings. The van der Waals surface area contributed by atoms with E-state index in [9.17, 15) is 9.59 Å². The van der Waals surface area contributed by atoms with Gasteiger partial charge in [0, 0.05) is 30.8 Å². The molecule has 6 heteroatoms. The smallest absolute Gasteiger partial charge is 0.253 e. The first-order valence-electron chi connectivity index (χ1n) is 8.68. The second-order valence-electron chi connectivity index (χ2n) is 5.93. The van der Waals surface area contributed by atoms with Crippen LogP contribution in [0, 0.1) is 0 Å². The van der Waals surface area contributed by atoms with Gasteiger partial charge in [-0.3, -0.25) is 9.59 Å². The highest BCUT2D eigenvalue weighted by molar-refractivity contribution is 5.99. The Hall–Kier alpha value is -3.02. The lowest BCUT2D eigenvalue weighted by Gasteiger charge is -2.18. The van der Waals surface area contributed by atoms with Gasteiger partial charge in [0.1, 0.15) is 0 Å². The number of hydrogen-bond donors (Lipinski definition) is 1. The zero-order valence-corrected chi connectivity index (χ0v) is 15.0. The molecule has 2 aromatic carbocycles. The predicted octanol–water partition coefficient (Wildman–Crippen LogP) is 2.83. The minimum Gasteiger partial charge on any atom is -0.454 e. The molecule has 0 atom stereocenters. The third kappa shape index (κ3) is 3.79. The van der Waals surface area contributed by atoms with Gasteiger partial charge >= 0.3 is 0 Å². The summed E-state index contributed by atoms with van der Waals surface area (Å²) in [6.45, 7) is 5.72. The van der Waals surface area contributed by atoms with Crippen LogP contribution < -0.4 is 14.8 Å². The van der Waals surface area contributed by atoms with Gasteiger partial charge in [-0.15, -0.1) is 0 Å². The van der Waals surface area contributed by atoms with Crippen molar-refractivity contribution in [2.24, 2.45) is 0 Å². The highest BCUT2D eigenvalue weighted by Crippen LogP contribution is 2.32. The SMILES string of the molecule is CCN(CC)C(=O)c1cccc(C(=O)NCc2ccc3c(c2)OCO3)c1. The minimum absolute atomic E-state index is 0.0691. The molecule has 1 N–H and O–H groups in total. The molecule has 0 unspecified atom stereocenters. The monoisotopic (exact) mass is 354 g/mol. The summed E-state index contributed by atoms with van der Waals surface area (Å²) in [6.07, 6.45) is 0. The molecule has 0 bridgehead atoms. The van der Waals surface area contributed by atoms with Gasteiger partial charge in [0.05, 0.1) is 0 Å². The number of nitrogens with zero attached hydrogens (tertiary/aromatic N) is 1. The van der Waals surface area contributed by atoms with Gasteiger partial charge in [-0.1, -0.05) is 12.1 Å². The summed E-state index contributed by atoms with van der Waals surface area (Å²) in [5.41, 5.74) is 1.89. The van der Waals surface area contributed by atoms with Crippen molar-refractivity contribution in [1.82, 2.24) is 10.2 Å². The topological polar surface area (TPSA) is 67.9 Å². The van der Waals surface area contributed by atoms with Crippen molar-refractivity contribution in [1.29, 1.82) is 0 Å². The molecule has 3 rings (SSSR count). The number of carbonyl (C=O) groups excluding carboxylic acids is 2. The summed E-state index contributed by atoms with van der Waals surface area (Å²) in [5, 5.41) is 2.87. The summed E-state index contributed by atoms with van der Waals surface area (Å²) in [5.74, 6) is 1.10. The first-order valence-corrected chi connectivity index (χ1v) is 8.68. The Morgan fingerprint density at radius 1 is 1.00 bits per heavy atom. The molecule has 0 saturated carbocycles. The van der Waals surface area contributed by atoms with Crippen molar-refractivity contribution in [3.63, 3.8) is 0 Å². The lowest BCUT2D eigenvalue weighted by molar-refractivity contribution is 0.0773. The highest BCUT2D eigenvalue weighted by atomic mass is 16.7. The number of amides is 2. The first kappa shape index (κ1) is 17.8. The standard InChI is InChI=1S/C20H22N2O4/c1-3-22(4-2)20(24)16-7-5-6-15(11-16)19(23)21-12-14-8-9-17-18(10-14)26-13-25-17/h5-11H,3-4,12-13H2,1-2H3,(H,21,23). The second kappa shape index (κ2) is 7.91. The van der Waals surface area contributed by atoms with Crippen LogP contribution in [0.4, 0.5) is 0 Å². The molecule has 0 radical (unpaired) electrons. The van der Waals surface area contributed by atoms with Crippen LogP contribution in [-0.2, 0) is 6.54 Å². The second-order valence-corrected chi connectivity index (χ2v) is 5.93. The van der Waals surface area contributed by atoms with E-state index in [1.807, 2.05) is 32.0 Å². The molecule has 1 aliphatic rings. The Kier molecular flexibility index (Phi) is 5.41. The Balaban J connectivity index is 1.66. The van der Waals surface area contributed by atoms with E-state index in [4.69, 9.17) is 9.47 Å². The summed E-state index contributed by atoms with van der Waals surface area (Å²) >= 11 is 0. The maximum absolute atomic E-state index is 12.4. The highest BCUT2D eigenvalue weighted by Gasteiger charge is 2.16. The minimum atomic E-state index is -0.225. The van der Waals surface area contributed by atoms with Crippen LogP contribution in [0.15, 0.2) is 42.5 Å². The zero-order valence-electron chi connectivity index (χ0n) is 15.0. The lowest BCUT2D eigenvalue weighted by atomic mass is 10.1. The average Bonchev–Trinajstić information content (AvgIpc) is 3.15. The number of nitrogens with one attached hydrogen (secondary N) is 1. The number of ether oxygens (including phenoxy) is 2. The fraction of sp³-hybridized carbons (Fsp3) is 0.300. The molecule has 0 aromatic heterocycles. The largest absolute Gasteiger partial charge is 0.454 e. The van der Waals surface area contributed by atoms with E-state index in [0.29, 0.717) is 42.3 Å². The van der Waals surface area contributed by atoms with Gasteiger partial charge in [0.15, 0.2) is 11.5 Å². The molecule has 1 aliphatic heterocycles. The molecule has 0 aliphatic carbocycles. The third-order valence-electron chi connectivity index (χ3n) is 4.31. The van der Waals surface area contributed by atoms with Gasteiger partial charge in [0.2, 0.25) is 6.79 Å². The molecule has 2 amide bonds. The van der Waals surface area contributed by atoms with Gasteiger partial charge < -0.3 is 19.7 Å². The first-order chi connectivity index (χ1) is 12.6. The van der Waals surface area contributed by atoms with Gasteiger partial charge in [0.25, 0.3) is 11.8 Å².